The highest BCUT2D eigenvalue weighted by Crippen LogP contribution is 2.51. The van der Waals surface area contributed by atoms with Crippen molar-refractivity contribution < 1.29 is 5.11 Å². The average Bonchev–Trinajstić information content (AvgIpc) is 2.52. The molecule has 1 aliphatic rings. The molecule has 2 aromatic carbocycles. The van der Waals surface area contributed by atoms with Crippen molar-refractivity contribution in [1.29, 1.82) is 0 Å². The van der Waals surface area contributed by atoms with Crippen molar-refractivity contribution in [3.63, 3.8) is 0 Å². The van der Waals surface area contributed by atoms with Crippen molar-refractivity contribution in [1.82, 2.24) is 0 Å². The smallest absolute Gasteiger partial charge is 0.0989 e. The summed E-state index contributed by atoms with van der Waals surface area (Å²) in [5.41, 5.74) is 1.30. The first kappa shape index (κ1) is 13.4. The first-order valence-electron chi connectivity index (χ1n) is 7.50. The summed E-state index contributed by atoms with van der Waals surface area (Å²) < 4.78 is 0. The summed E-state index contributed by atoms with van der Waals surface area (Å²) in [6, 6.07) is 20.7. The van der Waals surface area contributed by atoms with Gasteiger partial charge in [0.2, 0.25) is 0 Å². The molecule has 1 saturated carbocycles. The zero-order valence-corrected chi connectivity index (χ0v) is 12.0. The Hall–Kier alpha value is -1.60. The molecule has 0 bridgehead atoms. The summed E-state index contributed by atoms with van der Waals surface area (Å²) in [4.78, 5) is 0. The maximum atomic E-state index is 11.5. The molecule has 0 radical (unpaired) electrons. The van der Waals surface area contributed by atoms with Crippen molar-refractivity contribution in [2.75, 3.05) is 0 Å². The Morgan fingerprint density at radius 2 is 1.25 bits per heavy atom. The molecule has 1 heteroatoms. The van der Waals surface area contributed by atoms with Crippen LogP contribution in [0.5, 0.6) is 0 Å². The number of aliphatic hydroxyl groups is 1. The van der Waals surface area contributed by atoms with Gasteiger partial charge < -0.3 is 5.11 Å². The Kier molecular flexibility index (Phi) is 3.39. The second-order valence-electron chi connectivity index (χ2n) is 6.13. The van der Waals surface area contributed by atoms with Gasteiger partial charge in [-0.2, -0.15) is 0 Å². The van der Waals surface area contributed by atoms with E-state index in [-0.39, 0.29) is 5.41 Å². The Balaban J connectivity index is 2.12. The van der Waals surface area contributed by atoms with Gasteiger partial charge in [0, 0.05) is 5.41 Å². The molecule has 3 rings (SSSR count). The van der Waals surface area contributed by atoms with Crippen LogP contribution in [0.3, 0.4) is 0 Å². The first-order chi connectivity index (χ1) is 9.67. The minimum atomic E-state index is -0.770. The molecule has 1 N–H and O–H groups in total. The second kappa shape index (κ2) is 5.06. The fourth-order valence-corrected chi connectivity index (χ4v) is 3.71. The Morgan fingerprint density at radius 1 is 0.750 bits per heavy atom. The fraction of sp³-hybridized carbons (Fsp3) is 0.368. The van der Waals surface area contributed by atoms with Crippen molar-refractivity contribution in [2.24, 2.45) is 0 Å². The van der Waals surface area contributed by atoms with Gasteiger partial charge in [-0.15, -0.1) is 0 Å². The molecule has 2 atom stereocenters. The minimum absolute atomic E-state index is 0.214. The minimum Gasteiger partial charge on any atom is -0.384 e. The third kappa shape index (κ3) is 1.97. The van der Waals surface area contributed by atoms with E-state index in [1.165, 1.54) is 12.0 Å². The predicted octanol–water partition coefficient (Wildman–Crippen LogP) is 4.41. The maximum Gasteiger partial charge on any atom is 0.0989 e. The van der Waals surface area contributed by atoms with Gasteiger partial charge in [-0.3, -0.25) is 0 Å². The van der Waals surface area contributed by atoms with Gasteiger partial charge in [0.05, 0.1) is 5.60 Å². The lowest BCUT2D eigenvalue weighted by molar-refractivity contribution is -0.0698. The van der Waals surface area contributed by atoms with Gasteiger partial charge >= 0.3 is 0 Å². The van der Waals surface area contributed by atoms with Crippen molar-refractivity contribution in [3.8, 4) is 0 Å². The first-order valence-corrected chi connectivity index (χ1v) is 7.50. The lowest BCUT2D eigenvalue weighted by Crippen LogP contribution is -2.49. The molecule has 0 amide bonds. The van der Waals surface area contributed by atoms with Crippen LogP contribution in [0.15, 0.2) is 60.7 Å². The zero-order valence-electron chi connectivity index (χ0n) is 12.0. The van der Waals surface area contributed by atoms with Crippen LogP contribution in [-0.4, -0.2) is 5.11 Å². The monoisotopic (exact) mass is 266 g/mol. The summed E-state index contributed by atoms with van der Waals surface area (Å²) in [6.07, 6.45) is 4.14. The third-order valence-corrected chi connectivity index (χ3v) is 5.04. The molecular weight excluding hydrogens is 244 g/mol. The molecule has 20 heavy (non-hydrogen) atoms. The predicted molar refractivity (Wildman–Crippen MR) is 82.6 cm³/mol. The lowest BCUT2D eigenvalue weighted by atomic mass is 9.58. The lowest BCUT2D eigenvalue weighted by Gasteiger charge is -2.49. The molecule has 1 aliphatic carbocycles. The van der Waals surface area contributed by atoms with Gasteiger partial charge in [-0.05, 0) is 24.0 Å². The van der Waals surface area contributed by atoms with E-state index in [0.717, 1.165) is 24.8 Å². The van der Waals surface area contributed by atoms with Gasteiger partial charge in [-0.25, -0.2) is 0 Å². The zero-order chi connectivity index (χ0) is 14.1. The molecule has 0 spiro atoms. The highest BCUT2D eigenvalue weighted by atomic mass is 16.3. The molecular formula is C19H22O. The molecule has 104 valence electrons. The standard InChI is InChI=1S/C19H22O/c1-18(16-10-4-2-5-11-16)14-8-9-15-19(18,20)17-12-6-3-7-13-17/h2-7,10-13,20H,8-9,14-15H2,1H3/t18-,19+/m1/s1. The maximum absolute atomic E-state index is 11.5. The van der Waals surface area contributed by atoms with E-state index in [0.29, 0.717) is 0 Å². The molecule has 0 saturated heterocycles. The number of hydrogen-bond donors (Lipinski definition) is 1. The molecule has 2 aromatic rings. The van der Waals surface area contributed by atoms with E-state index >= 15 is 0 Å². The highest BCUT2D eigenvalue weighted by Gasteiger charge is 2.50. The van der Waals surface area contributed by atoms with Crippen LogP contribution in [0.2, 0.25) is 0 Å². The fourth-order valence-electron chi connectivity index (χ4n) is 3.71. The average molecular weight is 266 g/mol. The second-order valence-corrected chi connectivity index (χ2v) is 6.13. The van der Waals surface area contributed by atoms with Crippen LogP contribution in [0.25, 0.3) is 0 Å². The SMILES string of the molecule is C[C@]1(c2ccccc2)CCCC[C@]1(O)c1ccccc1. The van der Waals surface area contributed by atoms with E-state index in [4.69, 9.17) is 0 Å². The van der Waals surface area contributed by atoms with Gasteiger partial charge in [0.25, 0.3) is 0 Å². The third-order valence-electron chi connectivity index (χ3n) is 5.04. The summed E-state index contributed by atoms with van der Waals surface area (Å²) in [6.45, 7) is 2.22. The van der Waals surface area contributed by atoms with Crippen LogP contribution >= 0.6 is 0 Å². The molecule has 0 heterocycles. The Labute approximate surface area is 121 Å². The molecule has 0 aliphatic heterocycles. The van der Waals surface area contributed by atoms with Crippen LogP contribution in [0.1, 0.15) is 43.7 Å². The van der Waals surface area contributed by atoms with Crippen LogP contribution in [-0.2, 0) is 11.0 Å². The van der Waals surface area contributed by atoms with Crippen molar-refractivity contribution in [3.05, 3.63) is 71.8 Å². The van der Waals surface area contributed by atoms with Gasteiger partial charge in [0.15, 0.2) is 0 Å². The molecule has 0 unspecified atom stereocenters. The molecule has 1 nitrogen and oxygen atoms in total. The normalized spacial score (nSPS) is 30.1. The van der Waals surface area contributed by atoms with Crippen LogP contribution in [0.4, 0.5) is 0 Å². The number of rotatable bonds is 2. The van der Waals surface area contributed by atoms with Crippen molar-refractivity contribution in [2.45, 2.75) is 43.6 Å². The van der Waals surface area contributed by atoms with Crippen LogP contribution in [0, 0.1) is 0 Å². The largest absolute Gasteiger partial charge is 0.384 e. The number of benzene rings is 2. The summed E-state index contributed by atoms with van der Waals surface area (Å²) >= 11 is 0. The molecule has 1 fully saturated rings. The van der Waals surface area contributed by atoms with Crippen LogP contribution < -0.4 is 0 Å². The quantitative estimate of drug-likeness (QED) is 0.854. The summed E-state index contributed by atoms with van der Waals surface area (Å²) in [7, 11) is 0. The van der Waals surface area contributed by atoms with E-state index in [2.05, 4.69) is 43.3 Å². The van der Waals surface area contributed by atoms with E-state index in [1.54, 1.807) is 0 Å². The number of hydrogen-bond acceptors (Lipinski definition) is 1. The van der Waals surface area contributed by atoms with Gasteiger partial charge in [0.1, 0.15) is 0 Å². The summed E-state index contributed by atoms with van der Waals surface area (Å²) in [5.74, 6) is 0. The van der Waals surface area contributed by atoms with Crippen molar-refractivity contribution >= 4 is 0 Å². The molecule has 0 aromatic heterocycles. The van der Waals surface area contributed by atoms with E-state index in [1.807, 2.05) is 24.3 Å². The Morgan fingerprint density at radius 3 is 1.85 bits per heavy atom. The van der Waals surface area contributed by atoms with E-state index in [9.17, 15) is 5.11 Å². The summed E-state index contributed by atoms with van der Waals surface area (Å²) in [5, 5.41) is 11.5. The van der Waals surface area contributed by atoms with E-state index < -0.39 is 5.60 Å². The van der Waals surface area contributed by atoms with Gasteiger partial charge in [-0.1, -0.05) is 80.4 Å². The Bertz CT molecular complexity index is 509. The highest BCUT2D eigenvalue weighted by molar-refractivity contribution is 5.36. The topological polar surface area (TPSA) is 20.2 Å².